The van der Waals surface area contributed by atoms with Crippen molar-refractivity contribution in [1.82, 2.24) is 15.5 Å². The third-order valence-corrected chi connectivity index (χ3v) is 5.06. The second-order valence-electron chi connectivity index (χ2n) is 7.56. The van der Waals surface area contributed by atoms with Crippen LogP contribution in [0.1, 0.15) is 66.0 Å². The number of halogens is 1. The summed E-state index contributed by atoms with van der Waals surface area (Å²) >= 11 is 0. The highest BCUT2D eigenvalue weighted by Crippen LogP contribution is 2.40. The highest BCUT2D eigenvalue weighted by molar-refractivity contribution is 6.06. The Bertz CT molecular complexity index is 991. The van der Waals surface area contributed by atoms with Gasteiger partial charge < -0.3 is 9.84 Å². The van der Waals surface area contributed by atoms with E-state index >= 15 is 0 Å². The summed E-state index contributed by atoms with van der Waals surface area (Å²) in [7, 11) is 0. The summed E-state index contributed by atoms with van der Waals surface area (Å²) in [5.41, 5.74) is 3.34. The van der Waals surface area contributed by atoms with E-state index in [2.05, 4.69) is 15.5 Å². The molecule has 3 aromatic rings. The van der Waals surface area contributed by atoms with Gasteiger partial charge >= 0.3 is 0 Å². The van der Waals surface area contributed by atoms with Crippen LogP contribution in [0.25, 0.3) is 11.1 Å². The number of hydrogen-bond acceptors (Lipinski definition) is 4. The molecule has 2 heterocycles. The monoisotopic (exact) mass is 367 g/mol. The number of carbonyl (C=O) groups excluding carboxylic acids is 1. The van der Waals surface area contributed by atoms with Crippen molar-refractivity contribution in [2.24, 2.45) is 5.92 Å². The van der Waals surface area contributed by atoms with Gasteiger partial charge in [-0.15, -0.1) is 0 Å². The molecule has 1 N–H and O–H groups in total. The molecule has 140 valence electrons. The normalized spacial score (nSPS) is 15.3. The summed E-state index contributed by atoms with van der Waals surface area (Å²) in [6, 6.07) is 7.88. The minimum atomic E-state index is -0.294. The predicted octanol–water partition coefficient (Wildman–Crippen LogP) is 4.67. The molecule has 1 aromatic carbocycles. The number of aromatic nitrogens is 2. The molecule has 0 unspecified atom stereocenters. The highest BCUT2D eigenvalue weighted by atomic mass is 19.1. The second-order valence-corrected chi connectivity index (χ2v) is 7.56. The molecular weight excluding hydrogens is 345 g/mol. The van der Waals surface area contributed by atoms with Crippen LogP contribution in [0.15, 0.2) is 34.9 Å². The average Bonchev–Trinajstić information content (AvgIpc) is 3.43. The quantitative estimate of drug-likeness (QED) is 0.711. The zero-order valence-corrected chi connectivity index (χ0v) is 15.6. The van der Waals surface area contributed by atoms with Crippen LogP contribution in [0.4, 0.5) is 4.39 Å². The van der Waals surface area contributed by atoms with Gasteiger partial charge in [-0.2, -0.15) is 0 Å². The van der Waals surface area contributed by atoms with Crippen LogP contribution in [0, 0.1) is 18.7 Å². The van der Waals surface area contributed by atoms with Gasteiger partial charge in [-0.05, 0) is 49.4 Å². The fraction of sp³-hybridized carbons (Fsp3) is 0.381. The molecule has 0 spiro atoms. The predicted molar refractivity (Wildman–Crippen MR) is 100.0 cm³/mol. The minimum Gasteiger partial charge on any atom is -0.345 e. The third kappa shape index (κ3) is 3.44. The third-order valence-electron chi connectivity index (χ3n) is 5.06. The number of amides is 1. The molecule has 4 rings (SSSR count). The molecule has 1 fully saturated rings. The molecule has 1 saturated carbocycles. The molecule has 5 nitrogen and oxygen atoms in total. The number of nitrogens with one attached hydrogen (secondary N) is 1. The number of pyridine rings is 1. The van der Waals surface area contributed by atoms with Crippen LogP contribution < -0.4 is 5.32 Å². The SMILES string of the molecule is Cc1noc2nc(C3CC3)cc(C(=O)N[C@H](c3ccc(F)cc3)C(C)C)c12. The number of rotatable bonds is 5. The fourth-order valence-corrected chi connectivity index (χ4v) is 3.41. The number of carbonyl (C=O) groups is 1. The lowest BCUT2D eigenvalue weighted by atomic mass is 9.95. The number of benzene rings is 1. The van der Waals surface area contributed by atoms with E-state index in [1.54, 1.807) is 19.1 Å². The Morgan fingerprint density at radius 1 is 1.26 bits per heavy atom. The molecule has 6 heteroatoms. The van der Waals surface area contributed by atoms with Crippen LogP contribution in [0.2, 0.25) is 0 Å². The molecule has 27 heavy (non-hydrogen) atoms. The van der Waals surface area contributed by atoms with Crippen LogP contribution in [0.5, 0.6) is 0 Å². The lowest BCUT2D eigenvalue weighted by Crippen LogP contribution is -2.32. The zero-order chi connectivity index (χ0) is 19.1. The lowest BCUT2D eigenvalue weighted by Gasteiger charge is -2.23. The zero-order valence-electron chi connectivity index (χ0n) is 15.6. The molecule has 1 atom stereocenters. The molecule has 1 aliphatic carbocycles. The fourth-order valence-electron chi connectivity index (χ4n) is 3.41. The van der Waals surface area contributed by atoms with E-state index in [4.69, 9.17) is 4.52 Å². The van der Waals surface area contributed by atoms with Gasteiger partial charge in [0, 0.05) is 11.6 Å². The summed E-state index contributed by atoms with van der Waals surface area (Å²) in [6.07, 6.45) is 2.16. The topological polar surface area (TPSA) is 68.0 Å². The van der Waals surface area contributed by atoms with Crippen molar-refractivity contribution in [2.75, 3.05) is 0 Å². The summed E-state index contributed by atoms with van der Waals surface area (Å²) in [5.74, 6) is 0.0452. The smallest absolute Gasteiger partial charge is 0.259 e. The molecule has 0 bridgehead atoms. The Kier molecular flexibility index (Phi) is 4.42. The number of hydrogen-bond donors (Lipinski definition) is 1. The molecule has 1 amide bonds. The van der Waals surface area contributed by atoms with Gasteiger partial charge in [-0.1, -0.05) is 31.1 Å². The Labute approximate surface area is 157 Å². The van der Waals surface area contributed by atoms with E-state index in [1.165, 1.54) is 12.1 Å². The first-order valence-corrected chi connectivity index (χ1v) is 9.27. The first-order chi connectivity index (χ1) is 12.9. The van der Waals surface area contributed by atoms with E-state index in [-0.39, 0.29) is 23.7 Å². The van der Waals surface area contributed by atoms with E-state index in [9.17, 15) is 9.18 Å². The summed E-state index contributed by atoms with van der Waals surface area (Å²) in [5, 5.41) is 7.74. The molecular formula is C21H22FN3O2. The van der Waals surface area contributed by atoms with Crippen molar-refractivity contribution in [3.8, 4) is 0 Å². The van der Waals surface area contributed by atoms with Crippen LogP contribution in [0.3, 0.4) is 0 Å². The van der Waals surface area contributed by atoms with Crippen molar-refractivity contribution < 1.29 is 13.7 Å². The first kappa shape index (κ1) is 17.6. The highest BCUT2D eigenvalue weighted by Gasteiger charge is 2.29. The summed E-state index contributed by atoms with van der Waals surface area (Å²) < 4.78 is 18.6. The van der Waals surface area contributed by atoms with E-state index in [1.807, 2.05) is 19.9 Å². The Hall–Kier alpha value is -2.76. The first-order valence-electron chi connectivity index (χ1n) is 9.27. The molecule has 1 aliphatic rings. The summed E-state index contributed by atoms with van der Waals surface area (Å²) in [4.78, 5) is 17.7. The van der Waals surface area contributed by atoms with Crippen molar-refractivity contribution >= 4 is 17.0 Å². The average molecular weight is 367 g/mol. The maximum absolute atomic E-state index is 13.3. The minimum absolute atomic E-state index is 0.142. The molecule has 0 aliphatic heterocycles. The number of aryl methyl sites for hydroxylation is 1. The Morgan fingerprint density at radius 2 is 1.96 bits per heavy atom. The van der Waals surface area contributed by atoms with Gasteiger partial charge in [0.05, 0.1) is 22.7 Å². The Morgan fingerprint density at radius 3 is 2.59 bits per heavy atom. The van der Waals surface area contributed by atoms with Crippen LogP contribution in [-0.4, -0.2) is 16.0 Å². The van der Waals surface area contributed by atoms with Gasteiger partial charge in [0.15, 0.2) is 0 Å². The maximum atomic E-state index is 13.3. The van der Waals surface area contributed by atoms with Gasteiger partial charge in [0.25, 0.3) is 11.6 Å². The van der Waals surface area contributed by atoms with E-state index in [0.717, 1.165) is 24.1 Å². The standard InChI is InChI=1S/C21H22FN3O2/c1-11(2)19(14-6-8-15(22)9-7-14)24-20(26)16-10-17(13-4-5-13)23-21-18(16)12(3)25-27-21/h6-11,13,19H,4-5H2,1-3H3,(H,24,26)/t19-/m0/s1. The maximum Gasteiger partial charge on any atom is 0.259 e. The van der Waals surface area contributed by atoms with Gasteiger partial charge in [-0.3, -0.25) is 4.79 Å². The number of fused-ring (bicyclic) bond motifs is 1. The van der Waals surface area contributed by atoms with E-state index < -0.39 is 0 Å². The molecule has 0 radical (unpaired) electrons. The van der Waals surface area contributed by atoms with E-state index in [0.29, 0.717) is 28.3 Å². The van der Waals surface area contributed by atoms with Crippen molar-refractivity contribution in [1.29, 1.82) is 0 Å². The van der Waals surface area contributed by atoms with Gasteiger partial charge in [-0.25, -0.2) is 9.37 Å². The van der Waals surface area contributed by atoms with Gasteiger partial charge in [0.1, 0.15) is 5.82 Å². The summed E-state index contributed by atoms with van der Waals surface area (Å²) in [6.45, 7) is 5.86. The van der Waals surface area contributed by atoms with Crippen molar-refractivity contribution in [2.45, 2.75) is 45.6 Å². The largest absolute Gasteiger partial charge is 0.345 e. The Balaban J connectivity index is 1.70. The van der Waals surface area contributed by atoms with Gasteiger partial charge in [0.2, 0.25) is 0 Å². The van der Waals surface area contributed by atoms with Crippen molar-refractivity contribution in [3.63, 3.8) is 0 Å². The van der Waals surface area contributed by atoms with Crippen LogP contribution in [-0.2, 0) is 0 Å². The molecule has 0 saturated heterocycles. The number of nitrogens with zero attached hydrogens (tertiary/aromatic N) is 2. The van der Waals surface area contributed by atoms with Crippen LogP contribution >= 0.6 is 0 Å². The lowest BCUT2D eigenvalue weighted by molar-refractivity contribution is 0.0927. The second kappa shape index (κ2) is 6.76. The van der Waals surface area contributed by atoms with Crippen molar-refractivity contribution in [3.05, 3.63) is 58.7 Å². The molecule has 2 aromatic heterocycles.